The van der Waals surface area contributed by atoms with E-state index in [1.54, 1.807) is 0 Å². The van der Waals surface area contributed by atoms with Crippen molar-refractivity contribution in [1.82, 2.24) is 10.6 Å². The molecular formula is C19H23N3O2. The third-order valence-corrected chi connectivity index (χ3v) is 3.64. The lowest BCUT2D eigenvalue weighted by molar-refractivity contribution is -0.126. The number of carbonyl (C=O) groups excluding carboxylic acids is 2. The van der Waals surface area contributed by atoms with Crippen molar-refractivity contribution in [3.8, 4) is 0 Å². The molecule has 0 saturated carbocycles. The highest BCUT2D eigenvalue weighted by Gasteiger charge is 2.14. The first-order valence-electron chi connectivity index (χ1n) is 8.03. The summed E-state index contributed by atoms with van der Waals surface area (Å²) in [5.74, 6) is -0.539. The van der Waals surface area contributed by atoms with Gasteiger partial charge < -0.3 is 16.4 Å². The van der Waals surface area contributed by atoms with Gasteiger partial charge in [-0.15, -0.1) is 0 Å². The Balaban J connectivity index is 1.64. The molecule has 0 aromatic heterocycles. The van der Waals surface area contributed by atoms with Crippen molar-refractivity contribution in [3.05, 3.63) is 71.8 Å². The zero-order valence-electron chi connectivity index (χ0n) is 13.6. The van der Waals surface area contributed by atoms with Crippen molar-refractivity contribution in [2.75, 3.05) is 13.1 Å². The minimum absolute atomic E-state index is 0.0594. The van der Waals surface area contributed by atoms with Crippen LogP contribution in [0.3, 0.4) is 0 Å². The van der Waals surface area contributed by atoms with Gasteiger partial charge in [-0.1, -0.05) is 60.7 Å². The molecular weight excluding hydrogens is 302 g/mol. The molecule has 0 heterocycles. The van der Waals surface area contributed by atoms with Crippen LogP contribution in [-0.4, -0.2) is 30.9 Å². The molecule has 0 saturated heterocycles. The molecule has 0 aliphatic rings. The highest BCUT2D eigenvalue weighted by molar-refractivity contribution is 5.87. The summed E-state index contributed by atoms with van der Waals surface area (Å²) in [6.07, 6.45) is 1.20. The van der Waals surface area contributed by atoms with Gasteiger partial charge >= 0.3 is 0 Å². The second-order valence-corrected chi connectivity index (χ2v) is 5.60. The minimum Gasteiger partial charge on any atom is -0.354 e. The number of benzene rings is 2. The fraction of sp³-hybridized carbons (Fsp3) is 0.263. The van der Waals surface area contributed by atoms with Crippen molar-refractivity contribution in [3.63, 3.8) is 0 Å². The molecule has 0 unspecified atom stereocenters. The fourth-order valence-corrected chi connectivity index (χ4v) is 2.31. The van der Waals surface area contributed by atoms with E-state index in [9.17, 15) is 9.59 Å². The standard InChI is InChI=1S/C19H23N3O2/c20-17(13-16-9-5-2-6-10-16)19(24)22-14-18(23)21-12-11-15-7-3-1-4-8-15/h1-10,17H,11-14,20H2,(H,21,23)(H,22,24)/t17-/m0/s1. The number of hydrogen-bond acceptors (Lipinski definition) is 3. The molecule has 0 fully saturated rings. The summed E-state index contributed by atoms with van der Waals surface area (Å²) in [5.41, 5.74) is 8.02. The third kappa shape index (κ3) is 6.22. The Labute approximate surface area is 142 Å². The summed E-state index contributed by atoms with van der Waals surface area (Å²) in [5, 5.41) is 5.36. The topological polar surface area (TPSA) is 84.2 Å². The summed E-state index contributed by atoms with van der Waals surface area (Å²) >= 11 is 0. The van der Waals surface area contributed by atoms with Crippen molar-refractivity contribution in [1.29, 1.82) is 0 Å². The molecule has 5 nitrogen and oxygen atoms in total. The van der Waals surface area contributed by atoms with Crippen molar-refractivity contribution in [2.24, 2.45) is 5.73 Å². The molecule has 0 spiro atoms. The number of hydrogen-bond donors (Lipinski definition) is 3. The second kappa shape index (κ2) is 9.47. The highest BCUT2D eigenvalue weighted by Crippen LogP contribution is 2.01. The first-order chi connectivity index (χ1) is 11.6. The summed E-state index contributed by atoms with van der Waals surface area (Å²) in [6.45, 7) is 0.477. The van der Waals surface area contributed by atoms with E-state index in [1.165, 1.54) is 0 Å². The monoisotopic (exact) mass is 325 g/mol. The lowest BCUT2D eigenvalue weighted by atomic mass is 10.1. The molecule has 2 amide bonds. The Morgan fingerprint density at radius 3 is 2.08 bits per heavy atom. The largest absolute Gasteiger partial charge is 0.354 e. The van der Waals surface area contributed by atoms with Crippen molar-refractivity contribution in [2.45, 2.75) is 18.9 Å². The molecule has 5 heteroatoms. The van der Waals surface area contributed by atoms with Gasteiger partial charge in [0.15, 0.2) is 0 Å². The molecule has 0 bridgehead atoms. The minimum atomic E-state index is -0.662. The zero-order valence-corrected chi connectivity index (χ0v) is 13.6. The molecule has 24 heavy (non-hydrogen) atoms. The van der Waals surface area contributed by atoms with Crippen LogP contribution in [0.15, 0.2) is 60.7 Å². The van der Waals surface area contributed by atoms with E-state index in [4.69, 9.17) is 5.73 Å². The molecule has 0 aliphatic heterocycles. The summed E-state index contributed by atoms with van der Waals surface area (Å²) in [7, 11) is 0. The van der Waals surface area contributed by atoms with Gasteiger partial charge in [-0.25, -0.2) is 0 Å². The Bertz CT molecular complexity index is 644. The van der Waals surface area contributed by atoms with Crippen LogP contribution in [0.5, 0.6) is 0 Å². The van der Waals surface area contributed by atoms with E-state index >= 15 is 0 Å². The van der Waals surface area contributed by atoms with Gasteiger partial charge in [0.25, 0.3) is 0 Å². The first kappa shape index (κ1) is 17.7. The van der Waals surface area contributed by atoms with Crippen LogP contribution in [0.1, 0.15) is 11.1 Å². The van der Waals surface area contributed by atoms with Crippen molar-refractivity contribution >= 4 is 11.8 Å². The maximum absolute atomic E-state index is 11.9. The van der Waals surface area contributed by atoms with Gasteiger partial charge in [0.2, 0.25) is 11.8 Å². The van der Waals surface area contributed by atoms with Crippen LogP contribution in [0.4, 0.5) is 0 Å². The van der Waals surface area contributed by atoms with Crippen molar-refractivity contribution < 1.29 is 9.59 Å². The van der Waals surface area contributed by atoms with E-state index in [1.807, 2.05) is 60.7 Å². The molecule has 1 atom stereocenters. The predicted molar refractivity (Wildman–Crippen MR) is 94.3 cm³/mol. The molecule has 2 aromatic carbocycles. The maximum Gasteiger partial charge on any atom is 0.239 e. The Kier molecular flexibility index (Phi) is 6.98. The van der Waals surface area contributed by atoms with Gasteiger partial charge in [0.1, 0.15) is 0 Å². The summed E-state index contributed by atoms with van der Waals surface area (Å²) < 4.78 is 0. The highest BCUT2D eigenvalue weighted by atomic mass is 16.2. The average Bonchev–Trinajstić information content (AvgIpc) is 2.61. The first-order valence-corrected chi connectivity index (χ1v) is 8.03. The maximum atomic E-state index is 11.9. The van der Waals surface area contributed by atoms with Gasteiger partial charge in [-0.05, 0) is 24.0 Å². The third-order valence-electron chi connectivity index (χ3n) is 3.64. The quantitative estimate of drug-likeness (QED) is 0.678. The molecule has 0 radical (unpaired) electrons. The van der Waals surface area contributed by atoms with E-state index in [2.05, 4.69) is 10.6 Å². The molecule has 126 valence electrons. The number of rotatable bonds is 8. The van der Waals surface area contributed by atoms with Crippen LogP contribution in [0.25, 0.3) is 0 Å². The van der Waals surface area contributed by atoms with E-state index in [0.717, 1.165) is 17.5 Å². The van der Waals surface area contributed by atoms with Crippen LogP contribution in [0, 0.1) is 0 Å². The lowest BCUT2D eigenvalue weighted by Crippen LogP contribution is -2.46. The van der Waals surface area contributed by atoms with E-state index in [0.29, 0.717) is 13.0 Å². The lowest BCUT2D eigenvalue weighted by Gasteiger charge is -2.12. The number of amides is 2. The Hall–Kier alpha value is -2.66. The average molecular weight is 325 g/mol. The number of nitrogens with one attached hydrogen (secondary N) is 2. The van der Waals surface area contributed by atoms with Crippen LogP contribution in [-0.2, 0) is 22.4 Å². The smallest absolute Gasteiger partial charge is 0.239 e. The van der Waals surface area contributed by atoms with E-state index < -0.39 is 6.04 Å². The Morgan fingerprint density at radius 1 is 0.875 bits per heavy atom. The SMILES string of the molecule is N[C@@H](Cc1ccccc1)C(=O)NCC(=O)NCCc1ccccc1. The number of carbonyl (C=O) groups is 2. The van der Waals surface area contributed by atoms with Gasteiger partial charge in [0.05, 0.1) is 12.6 Å². The summed E-state index contributed by atoms with van der Waals surface area (Å²) in [6, 6.07) is 18.8. The van der Waals surface area contributed by atoms with Gasteiger partial charge in [-0.2, -0.15) is 0 Å². The number of nitrogens with two attached hydrogens (primary N) is 1. The molecule has 2 rings (SSSR count). The molecule has 0 aliphatic carbocycles. The summed E-state index contributed by atoms with van der Waals surface area (Å²) in [4.78, 5) is 23.7. The molecule has 2 aromatic rings. The Morgan fingerprint density at radius 2 is 1.46 bits per heavy atom. The molecule has 4 N–H and O–H groups in total. The normalized spacial score (nSPS) is 11.5. The van der Waals surface area contributed by atoms with Gasteiger partial charge in [-0.3, -0.25) is 9.59 Å². The zero-order chi connectivity index (χ0) is 17.2. The van der Waals surface area contributed by atoms with Crippen LogP contribution in [0.2, 0.25) is 0 Å². The van der Waals surface area contributed by atoms with Crippen LogP contribution < -0.4 is 16.4 Å². The predicted octanol–water partition coefficient (Wildman–Crippen LogP) is 1.03. The fourth-order valence-electron chi connectivity index (χ4n) is 2.31. The second-order valence-electron chi connectivity index (χ2n) is 5.60. The van der Waals surface area contributed by atoms with Gasteiger partial charge in [0, 0.05) is 6.54 Å². The van der Waals surface area contributed by atoms with E-state index in [-0.39, 0.29) is 18.4 Å². The van der Waals surface area contributed by atoms with Crippen LogP contribution >= 0.6 is 0 Å².